The standard InChI is InChI=1S/C15H17NOS/c16-13-7-2-1-5-11(13)14(17)12-6-3-4-10-8-9-18-15(10)12/h3-4,6,8-9,11,13H,1-2,5,7,16H2. The van der Waals surface area contributed by atoms with Crippen LogP contribution in [0.2, 0.25) is 0 Å². The summed E-state index contributed by atoms with van der Waals surface area (Å²) in [6, 6.07) is 8.08. The molecule has 0 saturated heterocycles. The molecule has 2 nitrogen and oxygen atoms in total. The van der Waals surface area contributed by atoms with E-state index < -0.39 is 0 Å². The number of carbonyl (C=O) groups excluding carboxylic acids is 1. The fourth-order valence-corrected chi connectivity index (χ4v) is 3.79. The van der Waals surface area contributed by atoms with Gasteiger partial charge in [-0.1, -0.05) is 25.0 Å². The fourth-order valence-electron chi connectivity index (χ4n) is 2.87. The summed E-state index contributed by atoms with van der Waals surface area (Å²) in [4.78, 5) is 12.6. The van der Waals surface area contributed by atoms with Crippen molar-refractivity contribution < 1.29 is 4.79 Å². The van der Waals surface area contributed by atoms with Gasteiger partial charge in [-0.05, 0) is 35.7 Å². The summed E-state index contributed by atoms with van der Waals surface area (Å²) in [5.41, 5.74) is 6.98. The molecule has 1 aromatic carbocycles. The molecule has 2 aromatic rings. The molecule has 0 amide bonds. The van der Waals surface area contributed by atoms with E-state index in [1.807, 2.05) is 17.5 Å². The van der Waals surface area contributed by atoms with E-state index in [1.165, 1.54) is 0 Å². The second-order valence-corrected chi connectivity index (χ2v) is 5.98. The zero-order valence-electron chi connectivity index (χ0n) is 10.3. The third kappa shape index (κ3) is 1.98. The van der Waals surface area contributed by atoms with Gasteiger partial charge in [0, 0.05) is 22.2 Å². The van der Waals surface area contributed by atoms with Crippen molar-refractivity contribution in [2.24, 2.45) is 11.7 Å². The molecule has 2 unspecified atom stereocenters. The van der Waals surface area contributed by atoms with E-state index in [4.69, 9.17) is 5.73 Å². The fraction of sp³-hybridized carbons (Fsp3) is 0.400. The lowest BCUT2D eigenvalue weighted by molar-refractivity contribution is 0.0873. The van der Waals surface area contributed by atoms with E-state index in [1.54, 1.807) is 11.3 Å². The van der Waals surface area contributed by atoms with Gasteiger partial charge in [-0.2, -0.15) is 0 Å². The SMILES string of the molecule is NC1CCCCC1C(=O)c1cccc2ccsc12. The number of hydrogen-bond donors (Lipinski definition) is 1. The second-order valence-electron chi connectivity index (χ2n) is 5.06. The first-order valence-electron chi connectivity index (χ1n) is 6.53. The largest absolute Gasteiger partial charge is 0.327 e. The Morgan fingerprint density at radius 2 is 2.06 bits per heavy atom. The van der Waals surface area contributed by atoms with Crippen LogP contribution in [0.15, 0.2) is 29.6 Å². The van der Waals surface area contributed by atoms with E-state index in [0.717, 1.165) is 41.3 Å². The molecule has 1 heterocycles. The number of Topliss-reactive ketones (excluding diaryl/α,β-unsaturated/α-hetero) is 1. The molecule has 3 heteroatoms. The highest BCUT2D eigenvalue weighted by molar-refractivity contribution is 7.17. The zero-order chi connectivity index (χ0) is 12.5. The van der Waals surface area contributed by atoms with Crippen LogP contribution in [-0.4, -0.2) is 11.8 Å². The molecule has 1 aliphatic carbocycles. The molecule has 3 rings (SSSR count). The predicted molar refractivity (Wildman–Crippen MR) is 76.1 cm³/mol. The molecule has 1 aromatic heterocycles. The lowest BCUT2D eigenvalue weighted by Crippen LogP contribution is -2.38. The number of hydrogen-bond acceptors (Lipinski definition) is 3. The van der Waals surface area contributed by atoms with Crippen molar-refractivity contribution in [1.29, 1.82) is 0 Å². The third-order valence-electron chi connectivity index (χ3n) is 3.90. The molecule has 1 aliphatic rings. The summed E-state index contributed by atoms with van der Waals surface area (Å²) in [6.07, 6.45) is 4.22. The van der Waals surface area contributed by atoms with Gasteiger partial charge >= 0.3 is 0 Å². The van der Waals surface area contributed by atoms with Gasteiger partial charge in [0.25, 0.3) is 0 Å². The molecule has 0 spiro atoms. The van der Waals surface area contributed by atoms with Crippen molar-refractivity contribution in [2.75, 3.05) is 0 Å². The highest BCUT2D eigenvalue weighted by Gasteiger charge is 2.29. The van der Waals surface area contributed by atoms with Crippen LogP contribution in [0.1, 0.15) is 36.0 Å². The first kappa shape index (κ1) is 11.9. The van der Waals surface area contributed by atoms with Crippen LogP contribution in [0, 0.1) is 5.92 Å². The molecule has 1 fully saturated rings. The monoisotopic (exact) mass is 259 g/mol. The third-order valence-corrected chi connectivity index (χ3v) is 4.86. The van der Waals surface area contributed by atoms with E-state index in [0.29, 0.717) is 0 Å². The zero-order valence-corrected chi connectivity index (χ0v) is 11.1. The predicted octanol–water partition coefficient (Wildman–Crippen LogP) is 3.60. The highest BCUT2D eigenvalue weighted by Crippen LogP contribution is 2.31. The summed E-state index contributed by atoms with van der Waals surface area (Å²) < 4.78 is 1.11. The molecule has 0 aliphatic heterocycles. The molecule has 2 N–H and O–H groups in total. The van der Waals surface area contributed by atoms with Gasteiger partial charge in [-0.25, -0.2) is 0 Å². The first-order valence-corrected chi connectivity index (χ1v) is 7.41. The number of nitrogens with two attached hydrogens (primary N) is 1. The quantitative estimate of drug-likeness (QED) is 0.837. The summed E-state index contributed by atoms with van der Waals surface area (Å²) in [6.45, 7) is 0. The minimum atomic E-state index is 0.0199. The Morgan fingerprint density at radius 3 is 2.89 bits per heavy atom. The van der Waals surface area contributed by atoms with Crippen LogP contribution in [-0.2, 0) is 0 Å². The normalized spacial score (nSPS) is 24.3. The Morgan fingerprint density at radius 1 is 1.22 bits per heavy atom. The van der Waals surface area contributed by atoms with Crippen molar-refractivity contribution in [1.82, 2.24) is 0 Å². The first-order chi connectivity index (χ1) is 8.77. The van der Waals surface area contributed by atoms with Gasteiger partial charge < -0.3 is 5.73 Å². The smallest absolute Gasteiger partial charge is 0.168 e. The number of thiophene rings is 1. The van der Waals surface area contributed by atoms with Crippen LogP contribution in [0.5, 0.6) is 0 Å². The van der Waals surface area contributed by atoms with Crippen LogP contribution >= 0.6 is 11.3 Å². The maximum Gasteiger partial charge on any atom is 0.168 e. The Balaban J connectivity index is 1.98. The van der Waals surface area contributed by atoms with Crippen LogP contribution in [0.4, 0.5) is 0 Å². The molecule has 0 radical (unpaired) electrons. The number of carbonyl (C=O) groups is 1. The minimum Gasteiger partial charge on any atom is -0.327 e. The Labute approximate surface area is 111 Å². The molecule has 18 heavy (non-hydrogen) atoms. The minimum absolute atomic E-state index is 0.0199. The Bertz CT molecular complexity index is 575. The highest BCUT2D eigenvalue weighted by atomic mass is 32.1. The summed E-state index contributed by atoms with van der Waals surface area (Å²) in [5.74, 6) is 0.265. The van der Waals surface area contributed by atoms with Gasteiger partial charge in [0.1, 0.15) is 0 Å². The Kier molecular flexibility index (Phi) is 3.18. The van der Waals surface area contributed by atoms with E-state index in [9.17, 15) is 4.79 Å². The van der Waals surface area contributed by atoms with Crippen molar-refractivity contribution in [3.63, 3.8) is 0 Å². The number of benzene rings is 1. The van der Waals surface area contributed by atoms with Gasteiger partial charge in [0.05, 0.1) is 0 Å². The topological polar surface area (TPSA) is 43.1 Å². The van der Waals surface area contributed by atoms with Crippen molar-refractivity contribution in [2.45, 2.75) is 31.7 Å². The average Bonchev–Trinajstić information content (AvgIpc) is 2.86. The summed E-state index contributed by atoms with van der Waals surface area (Å²) in [7, 11) is 0. The average molecular weight is 259 g/mol. The molecule has 2 atom stereocenters. The van der Waals surface area contributed by atoms with Gasteiger partial charge in [0.2, 0.25) is 0 Å². The van der Waals surface area contributed by atoms with Crippen molar-refractivity contribution >= 4 is 27.2 Å². The van der Waals surface area contributed by atoms with Gasteiger partial charge in [0.15, 0.2) is 5.78 Å². The molecular formula is C15H17NOS. The second kappa shape index (κ2) is 4.82. The summed E-state index contributed by atoms with van der Waals surface area (Å²) >= 11 is 1.65. The van der Waals surface area contributed by atoms with E-state index in [-0.39, 0.29) is 17.7 Å². The number of ketones is 1. The molecular weight excluding hydrogens is 242 g/mol. The van der Waals surface area contributed by atoms with E-state index in [2.05, 4.69) is 12.1 Å². The summed E-state index contributed by atoms with van der Waals surface area (Å²) in [5, 5.41) is 3.21. The number of fused-ring (bicyclic) bond motifs is 1. The maximum absolute atomic E-state index is 12.6. The Hall–Kier alpha value is -1.19. The lowest BCUT2D eigenvalue weighted by atomic mass is 9.80. The lowest BCUT2D eigenvalue weighted by Gasteiger charge is -2.27. The van der Waals surface area contributed by atoms with Crippen LogP contribution < -0.4 is 5.73 Å². The molecule has 0 bridgehead atoms. The van der Waals surface area contributed by atoms with Crippen molar-refractivity contribution in [3.8, 4) is 0 Å². The van der Waals surface area contributed by atoms with E-state index >= 15 is 0 Å². The maximum atomic E-state index is 12.6. The van der Waals surface area contributed by atoms with Gasteiger partial charge in [-0.3, -0.25) is 4.79 Å². The van der Waals surface area contributed by atoms with Crippen LogP contribution in [0.3, 0.4) is 0 Å². The van der Waals surface area contributed by atoms with Crippen LogP contribution in [0.25, 0.3) is 10.1 Å². The van der Waals surface area contributed by atoms with Gasteiger partial charge in [-0.15, -0.1) is 11.3 Å². The molecule has 1 saturated carbocycles. The van der Waals surface area contributed by atoms with Crippen molar-refractivity contribution in [3.05, 3.63) is 35.2 Å². The molecule has 94 valence electrons. The number of rotatable bonds is 2.